The van der Waals surface area contributed by atoms with Crippen molar-refractivity contribution >= 4 is 27.4 Å². The SMILES string of the molecule is Cc1ccc(CNC(=O)NCCc2ccc(S(N)(=O)=O)s2)cc1F. The minimum atomic E-state index is -3.68. The molecule has 0 unspecified atom stereocenters. The van der Waals surface area contributed by atoms with E-state index in [9.17, 15) is 17.6 Å². The number of urea groups is 1. The molecule has 0 aliphatic rings. The molecule has 24 heavy (non-hydrogen) atoms. The van der Waals surface area contributed by atoms with Crippen molar-refractivity contribution in [2.24, 2.45) is 5.14 Å². The number of rotatable bonds is 6. The van der Waals surface area contributed by atoms with Crippen molar-refractivity contribution in [1.29, 1.82) is 0 Å². The fraction of sp³-hybridized carbons (Fsp3) is 0.267. The van der Waals surface area contributed by atoms with Crippen molar-refractivity contribution < 1.29 is 17.6 Å². The zero-order chi connectivity index (χ0) is 17.7. The van der Waals surface area contributed by atoms with Gasteiger partial charge in [0, 0.05) is 18.0 Å². The summed E-state index contributed by atoms with van der Waals surface area (Å²) >= 11 is 1.08. The van der Waals surface area contributed by atoms with Crippen LogP contribution in [-0.4, -0.2) is 21.0 Å². The Morgan fingerprint density at radius 2 is 2.00 bits per heavy atom. The molecule has 9 heteroatoms. The standard InChI is InChI=1S/C15H18FN3O3S2/c1-10-2-3-11(8-13(10)16)9-19-15(20)18-7-6-12-4-5-14(23-12)24(17,21)22/h2-5,8H,6-7,9H2,1H3,(H2,17,21,22)(H2,18,19,20). The minimum absolute atomic E-state index is 0.100. The minimum Gasteiger partial charge on any atom is -0.338 e. The Bertz CT molecular complexity index is 834. The van der Waals surface area contributed by atoms with E-state index in [4.69, 9.17) is 5.14 Å². The van der Waals surface area contributed by atoms with E-state index < -0.39 is 10.0 Å². The van der Waals surface area contributed by atoms with E-state index in [1.54, 1.807) is 25.1 Å². The van der Waals surface area contributed by atoms with Crippen molar-refractivity contribution in [2.45, 2.75) is 24.1 Å². The fourth-order valence-electron chi connectivity index (χ4n) is 1.94. The van der Waals surface area contributed by atoms with Gasteiger partial charge in [0.25, 0.3) is 0 Å². The van der Waals surface area contributed by atoms with E-state index in [0.29, 0.717) is 24.1 Å². The Morgan fingerprint density at radius 3 is 2.62 bits per heavy atom. The molecule has 130 valence electrons. The highest BCUT2D eigenvalue weighted by atomic mass is 32.2. The number of carbonyl (C=O) groups excluding carboxylic acids is 1. The number of carbonyl (C=O) groups is 1. The summed E-state index contributed by atoms with van der Waals surface area (Å²) in [4.78, 5) is 12.5. The molecule has 4 N–H and O–H groups in total. The Balaban J connectivity index is 1.75. The van der Waals surface area contributed by atoms with E-state index in [-0.39, 0.29) is 22.6 Å². The van der Waals surface area contributed by atoms with Crippen LogP contribution >= 0.6 is 11.3 Å². The van der Waals surface area contributed by atoms with Crippen LogP contribution in [0.2, 0.25) is 0 Å². The van der Waals surface area contributed by atoms with E-state index in [1.807, 2.05) is 0 Å². The lowest BCUT2D eigenvalue weighted by molar-refractivity contribution is 0.240. The average molecular weight is 371 g/mol. The zero-order valence-electron chi connectivity index (χ0n) is 13.0. The number of sulfonamides is 1. The molecule has 1 aromatic carbocycles. The number of hydrogen-bond donors (Lipinski definition) is 3. The summed E-state index contributed by atoms with van der Waals surface area (Å²) in [5, 5.41) is 10.3. The maximum absolute atomic E-state index is 13.4. The molecular weight excluding hydrogens is 353 g/mol. The van der Waals surface area contributed by atoms with Crippen LogP contribution < -0.4 is 15.8 Å². The third-order valence-electron chi connectivity index (χ3n) is 3.26. The van der Waals surface area contributed by atoms with Crippen molar-refractivity contribution in [3.63, 3.8) is 0 Å². The number of benzene rings is 1. The van der Waals surface area contributed by atoms with Crippen LogP contribution in [-0.2, 0) is 23.0 Å². The predicted octanol–water partition coefficient (Wildman–Crippen LogP) is 1.88. The molecule has 1 aromatic heterocycles. The first kappa shape index (κ1) is 18.4. The number of halogens is 1. The number of amides is 2. The lowest BCUT2D eigenvalue weighted by Gasteiger charge is -2.08. The van der Waals surface area contributed by atoms with Crippen molar-refractivity contribution in [2.75, 3.05) is 6.54 Å². The van der Waals surface area contributed by atoms with Crippen LogP contribution in [0.4, 0.5) is 9.18 Å². The largest absolute Gasteiger partial charge is 0.338 e. The number of aryl methyl sites for hydroxylation is 1. The number of nitrogens with two attached hydrogens (primary N) is 1. The molecule has 0 aliphatic heterocycles. The highest BCUT2D eigenvalue weighted by molar-refractivity contribution is 7.91. The average Bonchev–Trinajstić information content (AvgIpc) is 2.97. The molecular formula is C15H18FN3O3S2. The molecule has 2 amide bonds. The number of primary sulfonamides is 1. The van der Waals surface area contributed by atoms with Gasteiger partial charge in [-0.3, -0.25) is 0 Å². The monoisotopic (exact) mass is 371 g/mol. The van der Waals surface area contributed by atoms with Gasteiger partial charge in [-0.1, -0.05) is 12.1 Å². The third kappa shape index (κ3) is 5.29. The first-order valence-electron chi connectivity index (χ1n) is 7.14. The maximum atomic E-state index is 13.4. The van der Waals surface area contributed by atoms with Gasteiger partial charge in [-0.2, -0.15) is 0 Å². The molecule has 0 saturated heterocycles. The summed E-state index contributed by atoms with van der Waals surface area (Å²) in [6.45, 7) is 2.24. The second-order valence-corrected chi connectivity index (χ2v) is 8.17. The van der Waals surface area contributed by atoms with Gasteiger partial charge in [0.2, 0.25) is 10.0 Å². The molecule has 0 atom stereocenters. The van der Waals surface area contributed by atoms with Gasteiger partial charge < -0.3 is 10.6 Å². The molecule has 2 rings (SSSR count). The number of nitrogens with one attached hydrogen (secondary N) is 2. The van der Waals surface area contributed by atoms with E-state index >= 15 is 0 Å². The summed E-state index contributed by atoms with van der Waals surface area (Å²) in [7, 11) is -3.68. The van der Waals surface area contributed by atoms with E-state index in [2.05, 4.69) is 10.6 Å². The van der Waals surface area contributed by atoms with Crippen LogP contribution in [0, 0.1) is 12.7 Å². The van der Waals surface area contributed by atoms with E-state index in [1.165, 1.54) is 12.1 Å². The summed E-state index contributed by atoms with van der Waals surface area (Å²) in [6, 6.07) is 7.53. The van der Waals surface area contributed by atoms with Crippen LogP contribution in [0.3, 0.4) is 0 Å². The Kier molecular flexibility index (Phi) is 5.92. The van der Waals surface area contributed by atoms with Crippen LogP contribution in [0.25, 0.3) is 0 Å². The van der Waals surface area contributed by atoms with Crippen LogP contribution in [0.5, 0.6) is 0 Å². The highest BCUT2D eigenvalue weighted by Gasteiger charge is 2.11. The molecule has 0 radical (unpaired) electrons. The molecule has 0 aliphatic carbocycles. The smallest absolute Gasteiger partial charge is 0.315 e. The molecule has 0 bridgehead atoms. The van der Waals surface area contributed by atoms with Gasteiger partial charge in [-0.05, 0) is 42.7 Å². The first-order valence-corrected chi connectivity index (χ1v) is 9.50. The van der Waals surface area contributed by atoms with Gasteiger partial charge in [-0.25, -0.2) is 22.7 Å². The van der Waals surface area contributed by atoms with Gasteiger partial charge in [0.1, 0.15) is 10.0 Å². The zero-order valence-corrected chi connectivity index (χ0v) is 14.6. The van der Waals surface area contributed by atoms with Crippen LogP contribution in [0.15, 0.2) is 34.5 Å². The maximum Gasteiger partial charge on any atom is 0.315 e. The molecule has 0 fully saturated rings. The molecule has 0 spiro atoms. The highest BCUT2D eigenvalue weighted by Crippen LogP contribution is 2.20. The Hall–Kier alpha value is -1.97. The molecule has 0 saturated carbocycles. The predicted molar refractivity (Wildman–Crippen MR) is 90.8 cm³/mol. The molecule has 2 aromatic rings. The first-order chi connectivity index (χ1) is 11.3. The summed E-state index contributed by atoms with van der Waals surface area (Å²) in [6.07, 6.45) is 0.493. The van der Waals surface area contributed by atoms with Gasteiger partial charge >= 0.3 is 6.03 Å². The van der Waals surface area contributed by atoms with Crippen molar-refractivity contribution in [3.05, 3.63) is 52.2 Å². The van der Waals surface area contributed by atoms with Gasteiger partial charge in [0.15, 0.2) is 0 Å². The molecule has 6 nitrogen and oxygen atoms in total. The van der Waals surface area contributed by atoms with Crippen molar-refractivity contribution in [1.82, 2.24) is 10.6 Å². The summed E-state index contributed by atoms with van der Waals surface area (Å²) in [5.74, 6) is -0.307. The Labute approximate surface area is 143 Å². The quantitative estimate of drug-likeness (QED) is 0.723. The van der Waals surface area contributed by atoms with Crippen LogP contribution in [0.1, 0.15) is 16.0 Å². The van der Waals surface area contributed by atoms with Gasteiger partial charge in [0.05, 0.1) is 0 Å². The lowest BCUT2D eigenvalue weighted by atomic mass is 10.1. The molecule has 1 heterocycles. The van der Waals surface area contributed by atoms with Gasteiger partial charge in [-0.15, -0.1) is 11.3 Å². The fourth-order valence-corrected chi connectivity index (χ4v) is 3.71. The second-order valence-electron chi connectivity index (χ2n) is 5.21. The van der Waals surface area contributed by atoms with E-state index in [0.717, 1.165) is 16.2 Å². The second kappa shape index (κ2) is 7.73. The van der Waals surface area contributed by atoms with Crippen molar-refractivity contribution in [3.8, 4) is 0 Å². The lowest BCUT2D eigenvalue weighted by Crippen LogP contribution is -2.36. The summed E-state index contributed by atoms with van der Waals surface area (Å²) in [5.41, 5.74) is 1.22. The number of hydrogen-bond acceptors (Lipinski definition) is 4. The normalized spacial score (nSPS) is 11.3. The summed E-state index contributed by atoms with van der Waals surface area (Å²) < 4.78 is 35.9. The topological polar surface area (TPSA) is 101 Å². The Morgan fingerprint density at radius 1 is 1.25 bits per heavy atom. The number of thiophene rings is 1. The third-order valence-corrected chi connectivity index (χ3v) is 5.85.